The van der Waals surface area contributed by atoms with E-state index < -0.39 is 0 Å². The SMILES string of the molecule is CCc1cc(Br)ccc1NC(=O)c1ccc(CN)cc1. The van der Waals surface area contributed by atoms with Crippen molar-refractivity contribution in [1.29, 1.82) is 0 Å². The van der Waals surface area contributed by atoms with Gasteiger partial charge in [-0.15, -0.1) is 0 Å². The standard InChI is InChI=1S/C16H17BrN2O/c1-2-12-9-14(17)7-8-15(12)19-16(20)13-5-3-11(10-18)4-6-13/h3-9H,2,10,18H2,1H3,(H,19,20). The molecule has 0 spiro atoms. The molecular formula is C16H17BrN2O. The summed E-state index contributed by atoms with van der Waals surface area (Å²) in [7, 11) is 0. The molecule has 0 aliphatic carbocycles. The molecule has 0 aliphatic rings. The molecule has 0 unspecified atom stereocenters. The van der Waals surface area contributed by atoms with Gasteiger partial charge in [-0.3, -0.25) is 4.79 Å². The molecule has 0 fully saturated rings. The molecule has 3 N–H and O–H groups in total. The molecule has 0 bridgehead atoms. The normalized spacial score (nSPS) is 10.3. The number of nitrogens with one attached hydrogen (secondary N) is 1. The molecular weight excluding hydrogens is 316 g/mol. The van der Waals surface area contributed by atoms with E-state index in [1.807, 2.05) is 30.3 Å². The van der Waals surface area contributed by atoms with Crippen molar-refractivity contribution < 1.29 is 4.79 Å². The molecule has 2 rings (SSSR count). The van der Waals surface area contributed by atoms with Crippen LogP contribution in [0.2, 0.25) is 0 Å². The van der Waals surface area contributed by atoms with Gasteiger partial charge in [-0.1, -0.05) is 35.0 Å². The zero-order chi connectivity index (χ0) is 14.5. The first-order chi connectivity index (χ1) is 9.63. The second kappa shape index (κ2) is 6.68. The van der Waals surface area contributed by atoms with Crippen molar-refractivity contribution in [2.45, 2.75) is 19.9 Å². The number of anilines is 1. The Morgan fingerprint density at radius 2 is 1.90 bits per heavy atom. The summed E-state index contributed by atoms with van der Waals surface area (Å²) >= 11 is 3.44. The number of aryl methyl sites for hydroxylation is 1. The van der Waals surface area contributed by atoms with Crippen molar-refractivity contribution in [3.8, 4) is 0 Å². The fourth-order valence-corrected chi connectivity index (χ4v) is 2.37. The molecule has 1 amide bonds. The van der Waals surface area contributed by atoms with Crippen LogP contribution in [0.5, 0.6) is 0 Å². The van der Waals surface area contributed by atoms with Crippen LogP contribution in [0, 0.1) is 0 Å². The number of carbonyl (C=O) groups excluding carboxylic acids is 1. The van der Waals surface area contributed by atoms with Crippen LogP contribution < -0.4 is 11.1 Å². The van der Waals surface area contributed by atoms with E-state index in [1.165, 1.54) is 0 Å². The zero-order valence-electron chi connectivity index (χ0n) is 11.3. The summed E-state index contributed by atoms with van der Waals surface area (Å²) in [6, 6.07) is 13.2. The second-order valence-corrected chi connectivity index (χ2v) is 5.43. The van der Waals surface area contributed by atoms with E-state index in [4.69, 9.17) is 5.73 Å². The van der Waals surface area contributed by atoms with Gasteiger partial charge in [0, 0.05) is 22.3 Å². The molecule has 104 valence electrons. The van der Waals surface area contributed by atoms with Crippen LogP contribution in [0.3, 0.4) is 0 Å². The van der Waals surface area contributed by atoms with Crippen molar-refractivity contribution in [3.63, 3.8) is 0 Å². The maximum absolute atomic E-state index is 12.2. The number of hydrogen-bond acceptors (Lipinski definition) is 2. The van der Waals surface area contributed by atoms with Crippen LogP contribution in [0.4, 0.5) is 5.69 Å². The Kier molecular flexibility index (Phi) is 4.93. The third-order valence-corrected chi connectivity index (χ3v) is 3.64. The van der Waals surface area contributed by atoms with Crippen molar-refractivity contribution in [2.24, 2.45) is 5.73 Å². The first-order valence-electron chi connectivity index (χ1n) is 6.52. The summed E-state index contributed by atoms with van der Waals surface area (Å²) in [5.74, 6) is -0.106. The van der Waals surface area contributed by atoms with E-state index in [9.17, 15) is 4.79 Å². The highest BCUT2D eigenvalue weighted by Crippen LogP contribution is 2.22. The molecule has 0 aliphatic heterocycles. The third-order valence-electron chi connectivity index (χ3n) is 3.15. The van der Waals surface area contributed by atoms with Crippen LogP contribution in [0.25, 0.3) is 0 Å². The molecule has 0 heterocycles. The fraction of sp³-hybridized carbons (Fsp3) is 0.188. The van der Waals surface area contributed by atoms with E-state index >= 15 is 0 Å². The fourth-order valence-electron chi connectivity index (χ4n) is 1.96. The van der Waals surface area contributed by atoms with Crippen molar-refractivity contribution in [1.82, 2.24) is 0 Å². The monoisotopic (exact) mass is 332 g/mol. The van der Waals surface area contributed by atoms with Gasteiger partial charge in [0.05, 0.1) is 0 Å². The molecule has 0 saturated carbocycles. The number of carbonyl (C=O) groups is 1. The molecule has 0 atom stereocenters. The Morgan fingerprint density at radius 1 is 1.20 bits per heavy atom. The molecule has 0 saturated heterocycles. The minimum Gasteiger partial charge on any atom is -0.326 e. The first-order valence-corrected chi connectivity index (χ1v) is 7.32. The highest BCUT2D eigenvalue weighted by molar-refractivity contribution is 9.10. The lowest BCUT2D eigenvalue weighted by Gasteiger charge is -2.10. The summed E-state index contributed by atoms with van der Waals surface area (Å²) in [5, 5.41) is 2.95. The van der Waals surface area contributed by atoms with E-state index in [0.717, 1.165) is 27.7 Å². The Bertz CT molecular complexity index is 608. The molecule has 2 aromatic carbocycles. The second-order valence-electron chi connectivity index (χ2n) is 4.51. The number of benzene rings is 2. The maximum atomic E-state index is 12.2. The molecule has 4 heteroatoms. The smallest absolute Gasteiger partial charge is 0.255 e. The predicted octanol–water partition coefficient (Wildman–Crippen LogP) is 3.72. The predicted molar refractivity (Wildman–Crippen MR) is 85.8 cm³/mol. The van der Waals surface area contributed by atoms with Crippen LogP contribution in [-0.4, -0.2) is 5.91 Å². The lowest BCUT2D eigenvalue weighted by molar-refractivity contribution is 0.102. The Hall–Kier alpha value is -1.65. The van der Waals surface area contributed by atoms with Crippen LogP contribution in [0.15, 0.2) is 46.9 Å². The highest BCUT2D eigenvalue weighted by atomic mass is 79.9. The van der Waals surface area contributed by atoms with Crippen LogP contribution in [-0.2, 0) is 13.0 Å². The van der Waals surface area contributed by atoms with E-state index in [0.29, 0.717) is 12.1 Å². The third kappa shape index (κ3) is 3.46. The summed E-state index contributed by atoms with van der Waals surface area (Å²) in [6.07, 6.45) is 0.862. The number of halogens is 1. The van der Waals surface area contributed by atoms with Crippen LogP contribution >= 0.6 is 15.9 Å². The lowest BCUT2D eigenvalue weighted by Crippen LogP contribution is -2.13. The van der Waals surface area contributed by atoms with Gasteiger partial charge in [0.25, 0.3) is 5.91 Å². The lowest BCUT2D eigenvalue weighted by atomic mass is 10.1. The average molecular weight is 333 g/mol. The van der Waals surface area contributed by atoms with E-state index in [2.05, 4.69) is 28.2 Å². The van der Waals surface area contributed by atoms with Gasteiger partial charge in [0.1, 0.15) is 0 Å². The van der Waals surface area contributed by atoms with Gasteiger partial charge < -0.3 is 11.1 Å². The van der Waals surface area contributed by atoms with Gasteiger partial charge in [-0.2, -0.15) is 0 Å². The number of nitrogens with two attached hydrogens (primary N) is 1. The Morgan fingerprint density at radius 3 is 2.50 bits per heavy atom. The number of amides is 1. The minimum absolute atomic E-state index is 0.106. The van der Waals surface area contributed by atoms with Crippen molar-refractivity contribution in [2.75, 3.05) is 5.32 Å². The first kappa shape index (κ1) is 14.8. The van der Waals surface area contributed by atoms with Crippen LogP contribution in [0.1, 0.15) is 28.4 Å². The number of hydrogen-bond donors (Lipinski definition) is 2. The highest BCUT2D eigenvalue weighted by Gasteiger charge is 2.08. The van der Waals surface area contributed by atoms with Crippen molar-refractivity contribution >= 4 is 27.5 Å². The van der Waals surface area contributed by atoms with Gasteiger partial charge in [-0.25, -0.2) is 0 Å². The zero-order valence-corrected chi connectivity index (χ0v) is 12.9. The molecule has 2 aromatic rings. The van der Waals surface area contributed by atoms with E-state index in [1.54, 1.807) is 12.1 Å². The molecule has 0 radical (unpaired) electrons. The Balaban J connectivity index is 2.18. The number of rotatable bonds is 4. The quantitative estimate of drug-likeness (QED) is 0.896. The van der Waals surface area contributed by atoms with Gasteiger partial charge in [0.15, 0.2) is 0 Å². The Labute approximate surface area is 127 Å². The van der Waals surface area contributed by atoms with Crippen molar-refractivity contribution in [3.05, 3.63) is 63.6 Å². The summed E-state index contributed by atoms with van der Waals surface area (Å²) in [5.41, 5.74) is 9.15. The molecule has 0 aromatic heterocycles. The average Bonchev–Trinajstić information content (AvgIpc) is 2.49. The van der Waals surface area contributed by atoms with E-state index in [-0.39, 0.29) is 5.91 Å². The molecule has 3 nitrogen and oxygen atoms in total. The summed E-state index contributed by atoms with van der Waals surface area (Å²) in [4.78, 5) is 12.2. The topological polar surface area (TPSA) is 55.1 Å². The molecule has 20 heavy (non-hydrogen) atoms. The largest absolute Gasteiger partial charge is 0.326 e. The maximum Gasteiger partial charge on any atom is 0.255 e. The van der Waals surface area contributed by atoms with Gasteiger partial charge >= 0.3 is 0 Å². The van der Waals surface area contributed by atoms with Gasteiger partial charge in [0.2, 0.25) is 0 Å². The summed E-state index contributed by atoms with van der Waals surface area (Å²) in [6.45, 7) is 2.54. The minimum atomic E-state index is -0.106. The van der Waals surface area contributed by atoms with Gasteiger partial charge in [-0.05, 0) is 47.9 Å². The summed E-state index contributed by atoms with van der Waals surface area (Å²) < 4.78 is 1.01.